The van der Waals surface area contributed by atoms with Gasteiger partial charge >= 0.3 is 24.3 Å². The molecule has 214 valence electrons. The van der Waals surface area contributed by atoms with Crippen LogP contribution in [0.25, 0.3) is 0 Å². The molecule has 0 saturated carbocycles. The average Bonchev–Trinajstić information content (AvgIpc) is 3.45. The Hall–Kier alpha value is -3.18. The van der Waals surface area contributed by atoms with Crippen LogP contribution < -0.4 is 0 Å². The number of nitrogens with zero attached hydrogens (tertiary/aromatic N) is 4. The van der Waals surface area contributed by atoms with Crippen LogP contribution in [-0.2, 0) is 27.4 Å². The number of fused-ring (bicyclic) bond motifs is 1. The topological polar surface area (TPSA) is 125 Å². The molecule has 0 saturated heterocycles. The molecule has 1 atom stereocenters. The number of rotatable bonds is 6. The standard InChI is InChI=1S/C17H24N4O2S.2C2HF3O2/c1-19(2)6-7-23-12-14-9-20(17(22)15-4-8-24-13-15)11-16-3-5-18-21(16)10-14;2*3-2(4,5)1(6)7/h3-5,8,13-14H,6-7,9-12H2,1-2H3;2*(H,6,7). The van der Waals surface area contributed by atoms with Gasteiger partial charge < -0.3 is 24.7 Å². The molecule has 0 fully saturated rings. The van der Waals surface area contributed by atoms with Crippen LogP contribution >= 0.6 is 11.3 Å². The Kier molecular flexibility index (Phi) is 12.7. The fourth-order valence-electron chi connectivity index (χ4n) is 2.86. The van der Waals surface area contributed by atoms with Crippen molar-refractivity contribution in [1.82, 2.24) is 19.6 Å². The number of amides is 1. The van der Waals surface area contributed by atoms with Crippen LogP contribution in [0.1, 0.15) is 16.1 Å². The molecule has 2 aromatic heterocycles. The number of carboxylic acids is 2. The number of likely N-dealkylation sites (N-methyl/N-ethyl adjacent to an activating group) is 1. The van der Waals surface area contributed by atoms with Gasteiger partial charge in [-0.3, -0.25) is 9.48 Å². The molecule has 0 aliphatic carbocycles. The summed E-state index contributed by atoms with van der Waals surface area (Å²) in [6.07, 6.45) is -8.36. The summed E-state index contributed by atoms with van der Waals surface area (Å²) in [6.45, 7) is 4.33. The molecule has 2 aromatic rings. The molecule has 3 rings (SSSR count). The maximum atomic E-state index is 12.8. The first-order chi connectivity index (χ1) is 17.5. The highest BCUT2D eigenvalue weighted by Gasteiger charge is 2.38. The number of ether oxygens (including phenoxy) is 1. The van der Waals surface area contributed by atoms with E-state index in [9.17, 15) is 31.1 Å². The first-order valence-corrected chi connectivity index (χ1v) is 11.6. The monoisotopic (exact) mass is 576 g/mol. The number of hydrogen-bond acceptors (Lipinski definition) is 7. The van der Waals surface area contributed by atoms with Crippen LogP contribution in [0.15, 0.2) is 29.1 Å². The van der Waals surface area contributed by atoms with Crippen LogP contribution in [0.2, 0.25) is 0 Å². The number of carbonyl (C=O) groups is 3. The SMILES string of the molecule is CN(C)CCOCC1CN(C(=O)c2ccsc2)Cc2ccnn2C1.O=C(O)C(F)(F)F.O=C(O)C(F)(F)F. The summed E-state index contributed by atoms with van der Waals surface area (Å²) in [4.78, 5) is 34.6. The van der Waals surface area contributed by atoms with Crippen molar-refractivity contribution in [3.05, 3.63) is 40.3 Å². The van der Waals surface area contributed by atoms with Gasteiger partial charge in [-0.25, -0.2) is 9.59 Å². The van der Waals surface area contributed by atoms with Crippen molar-refractivity contribution in [2.75, 3.05) is 40.4 Å². The van der Waals surface area contributed by atoms with E-state index >= 15 is 0 Å². The summed E-state index contributed by atoms with van der Waals surface area (Å²) >= 11 is 1.55. The van der Waals surface area contributed by atoms with Gasteiger partial charge in [-0.15, -0.1) is 0 Å². The molecule has 1 unspecified atom stereocenters. The summed E-state index contributed by atoms with van der Waals surface area (Å²) in [5.41, 5.74) is 1.84. The maximum absolute atomic E-state index is 12.8. The highest BCUT2D eigenvalue weighted by molar-refractivity contribution is 7.08. The number of carbonyl (C=O) groups excluding carboxylic acids is 1. The van der Waals surface area contributed by atoms with Gasteiger partial charge in [-0.1, -0.05) is 0 Å². The van der Waals surface area contributed by atoms with Gasteiger partial charge in [0.05, 0.1) is 31.0 Å². The fourth-order valence-corrected chi connectivity index (χ4v) is 3.49. The van der Waals surface area contributed by atoms with Crippen LogP contribution in [-0.4, -0.2) is 100 Å². The van der Waals surface area contributed by atoms with E-state index in [0.717, 1.165) is 24.3 Å². The molecular formula is C21H26F6N4O6S. The quantitative estimate of drug-likeness (QED) is 0.397. The second-order valence-corrected chi connectivity index (χ2v) is 8.83. The maximum Gasteiger partial charge on any atom is 0.490 e. The third-order valence-corrected chi connectivity index (χ3v) is 5.33. The van der Waals surface area contributed by atoms with Crippen molar-refractivity contribution in [1.29, 1.82) is 0 Å². The lowest BCUT2D eigenvalue weighted by Crippen LogP contribution is -2.35. The number of aliphatic carboxylic acids is 2. The van der Waals surface area contributed by atoms with E-state index in [0.29, 0.717) is 26.3 Å². The van der Waals surface area contributed by atoms with Crippen molar-refractivity contribution in [3.8, 4) is 0 Å². The first kappa shape index (κ1) is 32.8. The molecule has 2 N–H and O–H groups in total. The predicted octanol–water partition coefficient (Wildman–Crippen LogP) is 3.06. The molecule has 17 heteroatoms. The Morgan fingerprint density at radius 2 is 1.66 bits per heavy atom. The minimum atomic E-state index is -5.08. The number of hydrogen-bond donors (Lipinski definition) is 2. The van der Waals surface area contributed by atoms with Crippen LogP contribution in [0.3, 0.4) is 0 Å². The third-order valence-electron chi connectivity index (χ3n) is 4.64. The molecule has 1 aliphatic rings. The molecule has 1 aliphatic heterocycles. The number of halogens is 6. The highest BCUT2D eigenvalue weighted by Crippen LogP contribution is 2.20. The minimum Gasteiger partial charge on any atom is -0.475 e. The lowest BCUT2D eigenvalue weighted by Gasteiger charge is -2.24. The second-order valence-electron chi connectivity index (χ2n) is 8.05. The Morgan fingerprint density at radius 3 is 2.13 bits per heavy atom. The zero-order valence-corrected chi connectivity index (χ0v) is 21.0. The Morgan fingerprint density at radius 1 is 1.08 bits per heavy atom. The van der Waals surface area contributed by atoms with Crippen LogP contribution in [0, 0.1) is 5.92 Å². The van der Waals surface area contributed by atoms with Crippen LogP contribution in [0.5, 0.6) is 0 Å². The van der Waals surface area contributed by atoms with E-state index in [-0.39, 0.29) is 11.8 Å². The van der Waals surface area contributed by atoms with E-state index in [1.54, 1.807) is 17.5 Å². The Bertz CT molecular complexity index is 1000. The molecule has 10 nitrogen and oxygen atoms in total. The number of thiophene rings is 1. The Labute approximate surface area is 217 Å². The summed E-state index contributed by atoms with van der Waals surface area (Å²) in [7, 11) is 4.07. The van der Waals surface area contributed by atoms with Crippen molar-refractivity contribution in [2.45, 2.75) is 25.4 Å². The van der Waals surface area contributed by atoms with Crippen molar-refractivity contribution in [2.24, 2.45) is 5.92 Å². The Balaban J connectivity index is 0.000000426. The number of alkyl halides is 6. The lowest BCUT2D eigenvalue weighted by atomic mass is 10.1. The van der Waals surface area contributed by atoms with E-state index in [1.165, 1.54) is 0 Å². The lowest BCUT2D eigenvalue weighted by molar-refractivity contribution is -0.193. The summed E-state index contributed by atoms with van der Waals surface area (Å²) in [5, 5.41) is 22.5. The molecular weight excluding hydrogens is 550 g/mol. The highest BCUT2D eigenvalue weighted by atomic mass is 32.1. The zero-order valence-electron chi connectivity index (χ0n) is 20.2. The molecule has 0 aromatic carbocycles. The second kappa shape index (κ2) is 14.7. The minimum absolute atomic E-state index is 0.0872. The van der Waals surface area contributed by atoms with Crippen molar-refractivity contribution >= 4 is 29.2 Å². The third kappa shape index (κ3) is 11.9. The smallest absolute Gasteiger partial charge is 0.475 e. The molecule has 3 heterocycles. The summed E-state index contributed by atoms with van der Waals surface area (Å²) < 4.78 is 71.3. The molecule has 38 heavy (non-hydrogen) atoms. The van der Waals surface area contributed by atoms with Gasteiger partial charge in [-0.05, 0) is 31.6 Å². The fraction of sp³-hybridized carbons (Fsp3) is 0.524. The molecule has 0 bridgehead atoms. The van der Waals surface area contributed by atoms with Gasteiger partial charge in [0.15, 0.2) is 0 Å². The van der Waals surface area contributed by atoms with E-state index in [1.807, 2.05) is 46.6 Å². The van der Waals surface area contributed by atoms with Crippen LogP contribution in [0.4, 0.5) is 26.3 Å². The molecule has 1 amide bonds. The largest absolute Gasteiger partial charge is 0.490 e. The van der Waals surface area contributed by atoms with Gasteiger partial charge in [0, 0.05) is 37.1 Å². The number of aromatic nitrogens is 2. The van der Waals surface area contributed by atoms with E-state index in [2.05, 4.69) is 10.00 Å². The average molecular weight is 577 g/mol. The first-order valence-electron chi connectivity index (χ1n) is 10.7. The normalized spacial score (nSPS) is 15.4. The van der Waals surface area contributed by atoms with Gasteiger partial charge in [0.1, 0.15) is 0 Å². The summed E-state index contributed by atoms with van der Waals surface area (Å²) in [5.74, 6) is -5.18. The number of carboxylic acid groups (broad SMARTS) is 2. The summed E-state index contributed by atoms with van der Waals surface area (Å²) in [6, 6.07) is 3.88. The molecule has 0 radical (unpaired) electrons. The van der Waals surface area contributed by atoms with Gasteiger partial charge in [0.2, 0.25) is 0 Å². The predicted molar refractivity (Wildman–Crippen MR) is 122 cm³/mol. The zero-order chi connectivity index (χ0) is 29.1. The van der Waals surface area contributed by atoms with Crippen molar-refractivity contribution in [3.63, 3.8) is 0 Å². The van der Waals surface area contributed by atoms with E-state index in [4.69, 9.17) is 24.5 Å². The van der Waals surface area contributed by atoms with Crippen molar-refractivity contribution < 1.29 is 55.7 Å². The van der Waals surface area contributed by atoms with Gasteiger partial charge in [-0.2, -0.15) is 42.8 Å². The van der Waals surface area contributed by atoms with Gasteiger partial charge in [0.25, 0.3) is 5.91 Å². The molecule has 0 spiro atoms. The van der Waals surface area contributed by atoms with E-state index < -0.39 is 24.3 Å².